The van der Waals surface area contributed by atoms with E-state index in [1.807, 2.05) is 30.6 Å². The molecule has 0 bridgehead atoms. The molecule has 0 spiro atoms. The normalized spacial score (nSPS) is 10.7. The highest BCUT2D eigenvalue weighted by Gasteiger charge is 1.98. The molecule has 2 aromatic rings. The zero-order valence-electron chi connectivity index (χ0n) is 6.57. The molecule has 56 valence electrons. The van der Waals surface area contributed by atoms with Crippen molar-refractivity contribution in [3.05, 3.63) is 30.0 Å². The lowest BCUT2D eigenvalue weighted by atomic mass is 10.4. The third-order valence-corrected chi connectivity index (χ3v) is 1.68. The van der Waals surface area contributed by atoms with Crippen LogP contribution >= 0.6 is 0 Å². The molecule has 0 amide bonds. The van der Waals surface area contributed by atoms with Crippen LogP contribution in [-0.4, -0.2) is 14.4 Å². The summed E-state index contributed by atoms with van der Waals surface area (Å²) < 4.78 is 1.94. The van der Waals surface area contributed by atoms with Crippen LogP contribution in [0.2, 0.25) is 0 Å². The number of hydrogen-bond acceptors (Lipinski definition) is 2. The summed E-state index contributed by atoms with van der Waals surface area (Å²) in [4.78, 5) is 8.38. The highest BCUT2D eigenvalue weighted by atomic mass is 15.0. The minimum atomic E-state index is 0.940. The molecule has 0 radical (unpaired) electrons. The van der Waals surface area contributed by atoms with Crippen molar-refractivity contribution in [2.45, 2.75) is 13.8 Å². The standard InChI is InChI=1S/C8H9N3/c1-6-3-9-8-7(2)10-5-11(8)4-6/h3-5H,1-2H3. The molecule has 0 aliphatic rings. The Bertz CT molecular complexity index is 389. The van der Waals surface area contributed by atoms with Crippen molar-refractivity contribution in [2.24, 2.45) is 0 Å². The maximum Gasteiger partial charge on any atom is 0.159 e. The van der Waals surface area contributed by atoms with Crippen molar-refractivity contribution in [1.82, 2.24) is 14.4 Å². The van der Waals surface area contributed by atoms with E-state index in [1.165, 1.54) is 0 Å². The van der Waals surface area contributed by atoms with Crippen molar-refractivity contribution in [3.63, 3.8) is 0 Å². The lowest BCUT2D eigenvalue weighted by molar-refractivity contribution is 1.08. The lowest BCUT2D eigenvalue weighted by Crippen LogP contribution is -1.87. The van der Waals surface area contributed by atoms with E-state index in [2.05, 4.69) is 9.97 Å². The van der Waals surface area contributed by atoms with Gasteiger partial charge in [0.15, 0.2) is 5.65 Å². The topological polar surface area (TPSA) is 30.2 Å². The maximum absolute atomic E-state index is 4.24. The van der Waals surface area contributed by atoms with E-state index < -0.39 is 0 Å². The van der Waals surface area contributed by atoms with Gasteiger partial charge in [-0.2, -0.15) is 0 Å². The van der Waals surface area contributed by atoms with E-state index in [0.717, 1.165) is 16.9 Å². The highest BCUT2D eigenvalue weighted by Crippen LogP contribution is 2.04. The summed E-state index contributed by atoms with van der Waals surface area (Å²) in [7, 11) is 0. The van der Waals surface area contributed by atoms with Crippen LogP contribution in [0.1, 0.15) is 11.3 Å². The zero-order chi connectivity index (χ0) is 7.84. The number of nitrogens with zero attached hydrogens (tertiary/aromatic N) is 3. The van der Waals surface area contributed by atoms with Crippen LogP contribution in [0.4, 0.5) is 0 Å². The predicted molar refractivity (Wildman–Crippen MR) is 42.5 cm³/mol. The Morgan fingerprint density at radius 3 is 2.91 bits per heavy atom. The van der Waals surface area contributed by atoms with Gasteiger partial charge in [-0.3, -0.25) is 4.40 Å². The Hall–Kier alpha value is -1.38. The Kier molecular flexibility index (Phi) is 1.18. The largest absolute Gasteiger partial charge is 0.290 e. The van der Waals surface area contributed by atoms with Gasteiger partial charge in [0.2, 0.25) is 0 Å². The van der Waals surface area contributed by atoms with Crippen LogP contribution in [0.25, 0.3) is 5.65 Å². The van der Waals surface area contributed by atoms with Crippen LogP contribution in [0, 0.1) is 13.8 Å². The number of aryl methyl sites for hydroxylation is 2. The van der Waals surface area contributed by atoms with Crippen LogP contribution in [-0.2, 0) is 0 Å². The van der Waals surface area contributed by atoms with E-state index in [4.69, 9.17) is 0 Å². The summed E-state index contributed by atoms with van der Waals surface area (Å²) in [6, 6.07) is 0. The highest BCUT2D eigenvalue weighted by molar-refractivity contribution is 5.42. The van der Waals surface area contributed by atoms with E-state index >= 15 is 0 Å². The van der Waals surface area contributed by atoms with E-state index in [-0.39, 0.29) is 0 Å². The second-order valence-electron chi connectivity index (χ2n) is 2.69. The average Bonchev–Trinajstić information content (AvgIpc) is 2.32. The molecule has 0 aliphatic heterocycles. The van der Waals surface area contributed by atoms with Crippen molar-refractivity contribution >= 4 is 5.65 Å². The summed E-state index contributed by atoms with van der Waals surface area (Å²) in [6.45, 7) is 3.97. The Labute approximate surface area is 64.7 Å². The molecule has 0 fully saturated rings. The molecule has 3 nitrogen and oxygen atoms in total. The van der Waals surface area contributed by atoms with Crippen LogP contribution < -0.4 is 0 Å². The molecule has 0 aromatic carbocycles. The first-order valence-electron chi connectivity index (χ1n) is 3.53. The molecule has 2 heterocycles. The van der Waals surface area contributed by atoms with Gasteiger partial charge in [-0.25, -0.2) is 9.97 Å². The second kappa shape index (κ2) is 2.05. The average molecular weight is 147 g/mol. The molecule has 0 N–H and O–H groups in total. The minimum absolute atomic E-state index is 0.940. The molecular weight excluding hydrogens is 138 g/mol. The van der Waals surface area contributed by atoms with Gasteiger partial charge in [0.25, 0.3) is 0 Å². The fourth-order valence-electron chi connectivity index (χ4n) is 1.12. The smallest absolute Gasteiger partial charge is 0.159 e. The number of imidazole rings is 1. The van der Waals surface area contributed by atoms with Gasteiger partial charge < -0.3 is 0 Å². The quantitative estimate of drug-likeness (QED) is 0.563. The number of aromatic nitrogens is 3. The van der Waals surface area contributed by atoms with Crippen LogP contribution in [0.5, 0.6) is 0 Å². The lowest BCUT2D eigenvalue weighted by Gasteiger charge is -1.93. The SMILES string of the molecule is Cc1cnc2c(C)ncn2c1. The number of rotatable bonds is 0. The monoisotopic (exact) mass is 147 g/mol. The summed E-state index contributed by atoms with van der Waals surface area (Å²) in [5.41, 5.74) is 3.07. The van der Waals surface area contributed by atoms with Gasteiger partial charge in [-0.1, -0.05) is 0 Å². The molecule has 0 aliphatic carbocycles. The third kappa shape index (κ3) is 0.888. The van der Waals surface area contributed by atoms with Gasteiger partial charge in [0, 0.05) is 12.4 Å². The fourth-order valence-corrected chi connectivity index (χ4v) is 1.12. The van der Waals surface area contributed by atoms with E-state index in [0.29, 0.717) is 0 Å². The summed E-state index contributed by atoms with van der Waals surface area (Å²) in [6.07, 6.45) is 5.65. The Morgan fingerprint density at radius 1 is 1.27 bits per heavy atom. The predicted octanol–water partition coefficient (Wildman–Crippen LogP) is 1.35. The van der Waals surface area contributed by atoms with Crippen molar-refractivity contribution in [2.75, 3.05) is 0 Å². The van der Waals surface area contributed by atoms with Crippen molar-refractivity contribution in [1.29, 1.82) is 0 Å². The Balaban J connectivity index is 2.86. The van der Waals surface area contributed by atoms with Crippen molar-refractivity contribution in [3.8, 4) is 0 Å². The third-order valence-electron chi connectivity index (χ3n) is 1.68. The molecule has 0 atom stereocenters. The number of hydrogen-bond donors (Lipinski definition) is 0. The van der Waals surface area contributed by atoms with Gasteiger partial charge in [0.1, 0.15) is 6.33 Å². The fraction of sp³-hybridized carbons (Fsp3) is 0.250. The number of fused-ring (bicyclic) bond motifs is 1. The molecule has 2 rings (SSSR count). The molecular formula is C8H9N3. The second-order valence-corrected chi connectivity index (χ2v) is 2.69. The Morgan fingerprint density at radius 2 is 2.09 bits per heavy atom. The molecule has 3 heteroatoms. The minimum Gasteiger partial charge on any atom is -0.290 e. The van der Waals surface area contributed by atoms with Crippen molar-refractivity contribution < 1.29 is 0 Å². The van der Waals surface area contributed by atoms with Gasteiger partial charge in [-0.05, 0) is 19.4 Å². The molecule has 2 aromatic heterocycles. The van der Waals surface area contributed by atoms with E-state index in [1.54, 1.807) is 6.33 Å². The van der Waals surface area contributed by atoms with Gasteiger partial charge in [0.05, 0.1) is 5.69 Å². The molecule has 11 heavy (non-hydrogen) atoms. The van der Waals surface area contributed by atoms with Crippen LogP contribution in [0.3, 0.4) is 0 Å². The first-order chi connectivity index (χ1) is 5.27. The van der Waals surface area contributed by atoms with Crippen LogP contribution in [0.15, 0.2) is 18.7 Å². The molecule has 0 unspecified atom stereocenters. The first kappa shape index (κ1) is 6.34. The maximum atomic E-state index is 4.24. The summed E-state index contributed by atoms with van der Waals surface area (Å²) in [5.74, 6) is 0. The molecule has 0 saturated heterocycles. The molecule has 0 saturated carbocycles. The summed E-state index contributed by atoms with van der Waals surface area (Å²) in [5, 5.41) is 0. The zero-order valence-corrected chi connectivity index (χ0v) is 6.57. The van der Waals surface area contributed by atoms with E-state index in [9.17, 15) is 0 Å². The summed E-state index contributed by atoms with van der Waals surface area (Å²) >= 11 is 0. The van der Waals surface area contributed by atoms with Gasteiger partial charge in [-0.15, -0.1) is 0 Å². The van der Waals surface area contributed by atoms with Gasteiger partial charge >= 0.3 is 0 Å². The first-order valence-corrected chi connectivity index (χ1v) is 3.53.